The summed E-state index contributed by atoms with van der Waals surface area (Å²) in [6.07, 6.45) is -7.76. The van der Waals surface area contributed by atoms with Gasteiger partial charge in [-0.3, -0.25) is 53.5 Å². The Morgan fingerprint density at radius 1 is 0.654 bits per heavy atom. The number of imide groups is 1. The minimum Gasteiger partial charge on any atom is -0.479 e. The number of ether oxygens (including phenoxy) is 15. The summed E-state index contributed by atoms with van der Waals surface area (Å²) in [4.78, 5) is 138. The number of likely N-dealkylation sites (tertiary alicyclic amines) is 1. The molecule has 0 bridgehead atoms. The molecular weight excluding hydrogens is 1710 g/mol. The molecule has 3 aliphatic rings. The van der Waals surface area contributed by atoms with Gasteiger partial charge in [0, 0.05) is 85.2 Å². The highest BCUT2D eigenvalue weighted by Gasteiger charge is 2.50. The number of rotatable bonds is 67. The van der Waals surface area contributed by atoms with E-state index >= 15 is 4.79 Å². The largest absolute Gasteiger partial charge is 0.479 e. The molecular formula is C88H139N11O31. The smallest absolute Gasteiger partial charge is 0.410 e. The number of methoxy groups -OCH3 is 2. The first-order valence-corrected chi connectivity index (χ1v) is 44.6. The number of hydrogen-bond acceptors (Lipinski definition) is 32. The van der Waals surface area contributed by atoms with Crippen LogP contribution in [0.25, 0.3) is 0 Å². The van der Waals surface area contributed by atoms with Crippen LogP contribution < -0.4 is 20.7 Å². The SMILES string of the molecule is CC[C@H](C)[C@@H]([C@@H](CC(=O)N1CCC[C@H]1[C@H](OC)[C@@H](C)C(=O)N[C@H](C)[C@@H](O)c1ccccc1)OC)N(C)C(=O)[C@@H](NC(=O)[C@H](C(C)C)N(C)C(=O)OC(Cc1cn(CCOCCOCCOCCOCCOCCOCCOCCOCCOCCOCCNC(=O)CCCCCN2C(=O)C=CC2=O)nn1)c1ccc(O[C@@H]2O[C@H](C(=O)O)[C@@H](O)[C@H](O)[C@H]2O)c([N+](=O)[O-])c1)C(C)C. The van der Waals surface area contributed by atoms with Crippen molar-refractivity contribution >= 4 is 59.1 Å². The molecule has 0 radical (unpaired) electrons. The van der Waals surface area contributed by atoms with Gasteiger partial charge >= 0.3 is 17.7 Å². The molecule has 8 amide bonds. The lowest BCUT2D eigenvalue weighted by molar-refractivity contribution is -0.387. The van der Waals surface area contributed by atoms with E-state index < -0.39 is 143 Å². The zero-order chi connectivity index (χ0) is 95.2. The fourth-order valence-electron chi connectivity index (χ4n) is 15.1. The lowest BCUT2D eigenvalue weighted by atomic mass is 9.89. The van der Waals surface area contributed by atoms with E-state index in [2.05, 4.69) is 26.3 Å². The van der Waals surface area contributed by atoms with Crippen LogP contribution in [-0.4, -0.2) is 372 Å². The van der Waals surface area contributed by atoms with Crippen molar-refractivity contribution in [2.45, 2.75) is 205 Å². The number of nitrogens with one attached hydrogen (secondary N) is 3. The predicted octanol–water partition coefficient (Wildman–Crippen LogP) is 2.90. The minimum absolute atomic E-state index is 0.0252. The summed E-state index contributed by atoms with van der Waals surface area (Å²) in [5.41, 5.74) is 0.0426. The number of nitro benzene ring substituents is 1. The Bertz CT molecular complexity index is 3910. The molecule has 0 aliphatic carbocycles. The number of carbonyl (C=O) groups is 9. The van der Waals surface area contributed by atoms with Crippen LogP contribution in [0.1, 0.15) is 136 Å². The van der Waals surface area contributed by atoms with Gasteiger partial charge in [0.25, 0.3) is 11.8 Å². The highest BCUT2D eigenvalue weighted by Crippen LogP contribution is 2.37. The van der Waals surface area contributed by atoms with E-state index in [4.69, 9.17) is 71.1 Å². The van der Waals surface area contributed by atoms with Gasteiger partial charge in [0.2, 0.25) is 35.8 Å². The van der Waals surface area contributed by atoms with Gasteiger partial charge < -0.3 is 122 Å². The number of benzene rings is 2. The minimum atomic E-state index is -2.11. The number of nitrogens with zero attached hydrogens (tertiary/aromatic N) is 8. The molecule has 2 saturated heterocycles. The summed E-state index contributed by atoms with van der Waals surface area (Å²) in [5.74, 6) is -7.07. The molecule has 2 aromatic carbocycles. The van der Waals surface area contributed by atoms with E-state index in [1.807, 2.05) is 19.9 Å². The molecule has 3 aliphatic heterocycles. The van der Waals surface area contributed by atoms with Gasteiger partial charge in [-0.15, -0.1) is 5.10 Å². The molecule has 42 nitrogen and oxygen atoms in total. The number of amides is 8. The van der Waals surface area contributed by atoms with Crippen LogP contribution in [0.15, 0.2) is 66.9 Å². The summed E-state index contributed by atoms with van der Waals surface area (Å²) in [7, 11) is 5.84. The number of likely N-dealkylation sites (N-methyl/N-ethyl adjacent to an activating group) is 2. The van der Waals surface area contributed by atoms with Crippen LogP contribution in [0.4, 0.5) is 10.5 Å². The summed E-state index contributed by atoms with van der Waals surface area (Å²) < 4.78 is 86.4. The Morgan fingerprint density at radius 3 is 1.72 bits per heavy atom. The van der Waals surface area contributed by atoms with Gasteiger partial charge in [-0.05, 0) is 67.6 Å². The highest BCUT2D eigenvalue weighted by molar-refractivity contribution is 6.12. The Hall–Kier alpha value is -8.93. The van der Waals surface area contributed by atoms with Crippen molar-refractivity contribution in [3.8, 4) is 5.75 Å². The lowest BCUT2D eigenvalue weighted by Crippen LogP contribution is -2.61. The predicted molar refractivity (Wildman–Crippen MR) is 465 cm³/mol. The molecule has 4 heterocycles. The van der Waals surface area contributed by atoms with Gasteiger partial charge in [-0.1, -0.05) is 103 Å². The van der Waals surface area contributed by atoms with E-state index in [0.29, 0.717) is 176 Å². The van der Waals surface area contributed by atoms with Crippen molar-refractivity contribution in [3.63, 3.8) is 0 Å². The third kappa shape index (κ3) is 36.2. The van der Waals surface area contributed by atoms with Crippen molar-refractivity contribution in [1.29, 1.82) is 0 Å². The molecule has 6 rings (SSSR count). The van der Waals surface area contributed by atoms with E-state index in [9.17, 15) is 74.0 Å². The second kappa shape index (κ2) is 59.6. The zero-order valence-electron chi connectivity index (χ0n) is 77.0. The zero-order valence-corrected chi connectivity index (χ0v) is 77.0. The average molecular weight is 1850 g/mol. The van der Waals surface area contributed by atoms with E-state index in [1.165, 1.54) is 60.2 Å². The number of unbranched alkanes of at least 4 members (excludes halogenated alkanes) is 2. The average Bonchev–Trinajstić information content (AvgIpc) is 0.862. The quantitative estimate of drug-likeness (QED) is 0.0174. The Labute approximate surface area is 759 Å². The second-order valence-electron chi connectivity index (χ2n) is 32.6. The molecule has 0 spiro atoms. The van der Waals surface area contributed by atoms with Crippen LogP contribution in [0, 0.1) is 33.8 Å². The number of aliphatic hydroxyl groups excluding tert-OH is 4. The molecule has 732 valence electrons. The van der Waals surface area contributed by atoms with Gasteiger partial charge in [0.05, 0.1) is 198 Å². The number of hydrogen-bond donors (Lipinski definition) is 8. The molecule has 3 aromatic rings. The number of aromatic nitrogens is 3. The van der Waals surface area contributed by atoms with Crippen LogP contribution in [-0.2, 0) is 118 Å². The third-order valence-electron chi connectivity index (χ3n) is 22.5. The van der Waals surface area contributed by atoms with E-state index in [-0.39, 0.29) is 85.9 Å². The number of aliphatic carboxylic acids is 1. The highest BCUT2D eigenvalue weighted by atomic mass is 16.7. The number of aliphatic hydroxyl groups is 4. The standard InChI is InChI=1S/C88H139N11O31/c1-13-59(6)76(69(116-11)55-73(103)97-31-20-23-65(97)81(117-12)60(7)83(108)90-61(8)77(104)62-21-16-14-17-22-62)94(9)85(110)74(57(2)3)91-84(109)75(58(4)5)95(10)88(113)129-68(63-25-26-67(66(53-63)99(114)115)128-87-80(107)78(105)79(106)82(130-87)86(111)112)54-64-56-96(93-92-64)32-34-119-36-38-121-40-42-123-44-46-125-48-50-127-52-51-126-49-47-124-45-43-122-41-39-120-37-35-118-33-29-89-70(100)24-18-15-19-30-98-71(101)27-28-72(98)102/h14,16-17,21-22,25-28,53,56-61,65,68-69,74-82,87,104-107H,13,15,18-20,23-24,29-52,54-55H2,1-12H3,(H,89,100)(H,90,108)(H,91,109)(H,111,112)/t59-,60+,61+,65-,68?,69+,74-,75-,76-,77+,78-,79-,80+,81+,82-,87+/m0/s1. The fraction of sp³-hybridized carbons (Fsp3) is 0.716. The summed E-state index contributed by atoms with van der Waals surface area (Å²) >= 11 is 0. The second-order valence-corrected chi connectivity index (χ2v) is 32.6. The topological polar surface area (TPSA) is 516 Å². The summed E-state index contributed by atoms with van der Waals surface area (Å²) in [6, 6.07) is 7.92. The molecule has 1 aromatic heterocycles. The molecule has 2 fully saturated rings. The third-order valence-corrected chi connectivity index (χ3v) is 22.5. The van der Waals surface area contributed by atoms with Crippen molar-refractivity contribution in [3.05, 3.63) is 93.8 Å². The fourth-order valence-corrected chi connectivity index (χ4v) is 15.1. The summed E-state index contributed by atoms with van der Waals surface area (Å²) in [5, 5.41) is 82.3. The van der Waals surface area contributed by atoms with Crippen LogP contribution in [0.3, 0.4) is 0 Å². The first-order chi connectivity index (χ1) is 62.3. The molecule has 16 atom stereocenters. The number of nitro groups is 1. The molecule has 42 heteroatoms. The normalized spacial score (nSPS) is 19.3. The van der Waals surface area contributed by atoms with Gasteiger partial charge in [0.1, 0.15) is 36.5 Å². The first-order valence-electron chi connectivity index (χ1n) is 44.6. The molecule has 0 saturated carbocycles. The van der Waals surface area contributed by atoms with Gasteiger partial charge in [-0.25, -0.2) is 14.3 Å². The Kier molecular flexibility index (Phi) is 50.3. The lowest BCUT2D eigenvalue weighted by Gasteiger charge is -2.41. The van der Waals surface area contributed by atoms with Crippen molar-refractivity contribution in [2.24, 2.45) is 23.7 Å². The maximum atomic E-state index is 15.1. The number of carboxylic acids is 1. The van der Waals surface area contributed by atoms with Gasteiger partial charge in [0.15, 0.2) is 11.9 Å². The van der Waals surface area contributed by atoms with Crippen molar-refractivity contribution in [1.82, 2.24) is 50.5 Å². The van der Waals surface area contributed by atoms with Crippen LogP contribution >= 0.6 is 0 Å². The first kappa shape index (κ1) is 110. The monoisotopic (exact) mass is 1850 g/mol. The van der Waals surface area contributed by atoms with Crippen molar-refractivity contribution in [2.75, 3.05) is 180 Å². The maximum Gasteiger partial charge on any atom is 0.410 e. The van der Waals surface area contributed by atoms with Gasteiger partial charge in [-0.2, -0.15) is 0 Å². The van der Waals surface area contributed by atoms with E-state index in [1.54, 1.807) is 77.8 Å². The number of carboxylic acid groups (broad SMARTS) is 1. The number of carbonyl (C=O) groups excluding carboxylic acids is 8. The Balaban J connectivity index is 0.913. The van der Waals surface area contributed by atoms with Crippen LogP contribution in [0.2, 0.25) is 0 Å². The molecule has 130 heavy (non-hydrogen) atoms. The molecule has 8 N–H and O–H groups in total. The maximum absolute atomic E-state index is 15.1. The van der Waals surface area contributed by atoms with Crippen LogP contribution in [0.5, 0.6) is 5.75 Å². The molecule has 1 unspecified atom stereocenters. The van der Waals surface area contributed by atoms with Crippen molar-refractivity contribution < 1.29 is 145 Å². The van der Waals surface area contributed by atoms with E-state index in [0.717, 1.165) is 23.5 Å². The summed E-state index contributed by atoms with van der Waals surface area (Å²) in [6.45, 7) is 22.4. The Morgan fingerprint density at radius 2 is 1.21 bits per heavy atom.